The summed E-state index contributed by atoms with van der Waals surface area (Å²) in [5.41, 5.74) is 1.04. The van der Waals surface area contributed by atoms with E-state index in [0.29, 0.717) is 51.2 Å². The monoisotopic (exact) mass is 440 g/mol. The summed E-state index contributed by atoms with van der Waals surface area (Å²) < 4.78 is 43.3. The molecule has 1 unspecified atom stereocenters. The standard InChI is InChI=1S/C23H34F2N2O4/c1-16(2)30-20-6-5-18(11-17(20)3)22(28)27-9-7-23(8-10-27)15-26(13-21(24)25)12-19(31-23)14-29-4/h5-6,11,16,19,21H,7-10,12-15H2,1-4H3. The fourth-order valence-corrected chi connectivity index (χ4v) is 4.54. The number of ether oxygens (including phenoxy) is 3. The molecule has 1 aromatic rings. The van der Waals surface area contributed by atoms with Crippen LogP contribution < -0.4 is 4.74 Å². The van der Waals surface area contributed by atoms with Crippen molar-refractivity contribution in [3.8, 4) is 5.75 Å². The maximum Gasteiger partial charge on any atom is 0.253 e. The number of piperidine rings is 1. The number of halogens is 2. The second-order valence-electron chi connectivity index (χ2n) is 8.90. The lowest BCUT2D eigenvalue weighted by atomic mass is 9.88. The van der Waals surface area contributed by atoms with Crippen LogP contribution in [0.4, 0.5) is 8.78 Å². The molecular weight excluding hydrogens is 406 g/mol. The number of rotatable bonds is 7. The first-order chi connectivity index (χ1) is 14.7. The first-order valence-electron chi connectivity index (χ1n) is 11.0. The molecule has 2 aliphatic heterocycles. The van der Waals surface area contributed by atoms with E-state index in [1.807, 2.05) is 37.8 Å². The van der Waals surface area contributed by atoms with E-state index < -0.39 is 12.0 Å². The van der Waals surface area contributed by atoms with Gasteiger partial charge in [-0.1, -0.05) is 0 Å². The Labute approximate surface area is 183 Å². The van der Waals surface area contributed by atoms with Gasteiger partial charge in [0.2, 0.25) is 0 Å². The molecule has 2 heterocycles. The third kappa shape index (κ3) is 6.14. The molecule has 1 atom stereocenters. The summed E-state index contributed by atoms with van der Waals surface area (Å²) in [6, 6.07) is 5.50. The third-order valence-corrected chi connectivity index (χ3v) is 5.89. The fourth-order valence-electron chi connectivity index (χ4n) is 4.54. The minimum absolute atomic E-state index is 0.0252. The number of morpholine rings is 1. The number of hydrogen-bond acceptors (Lipinski definition) is 5. The van der Waals surface area contributed by atoms with Crippen molar-refractivity contribution >= 4 is 5.91 Å². The van der Waals surface area contributed by atoms with E-state index in [0.717, 1.165) is 11.3 Å². The first kappa shape index (κ1) is 23.9. The van der Waals surface area contributed by atoms with Crippen LogP contribution in [0.3, 0.4) is 0 Å². The lowest BCUT2D eigenvalue weighted by Gasteiger charge is -2.50. The van der Waals surface area contributed by atoms with Gasteiger partial charge in [-0.05, 0) is 57.4 Å². The average Bonchev–Trinajstić information content (AvgIpc) is 2.69. The maximum atomic E-state index is 13.0. The molecule has 3 rings (SSSR count). The van der Waals surface area contributed by atoms with Crippen LogP contribution in [0.5, 0.6) is 5.75 Å². The molecule has 6 nitrogen and oxygen atoms in total. The van der Waals surface area contributed by atoms with Gasteiger partial charge in [-0.25, -0.2) is 8.78 Å². The summed E-state index contributed by atoms with van der Waals surface area (Å²) in [4.78, 5) is 16.6. The number of nitrogens with zero attached hydrogens (tertiary/aromatic N) is 2. The van der Waals surface area contributed by atoms with Crippen LogP contribution in [-0.2, 0) is 9.47 Å². The molecule has 2 saturated heterocycles. The van der Waals surface area contributed by atoms with Crippen LogP contribution >= 0.6 is 0 Å². The molecule has 2 aliphatic rings. The Bertz CT molecular complexity index is 751. The van der Waals surface area contributed by atoms with Gasteiger partial charge < -0.3 is 19.1 Å². The molecule has 0 aromatic heterocycles. The Balaban J connectivity index is 1.64. The highest BCUT2D eigenvalue weighted by molar-refractivity contribution is 5.94. The van der Waals surface area contributed by atoms with Gasteiger partial charge in [0.1, 0.15) is 5.75 Å². The minimum Gasteiger partial charge on any atom is -0.491 e. The maximum absolute atomic E-state index is 13.0. The van der Waals surface area contributed by atoms with Crippen LogP contribution in [0.25, 0.3) is 0 Å². The molecule has 2 fully saturated rings. The van der Waals surface area contributed by atoms with E-state index in [-0.39, 0.29) is 24.7 Å². The number of aryl methyl sites for hydroxylation is 1. The Morgan fingerprint density at radius 2 is 2.00 bits per heavy atom. The van der Waals surface area contributed by atoms with Gasteiger partial charge in [0.15, 0.2) is 0 Å². The van der Waals surface area contributed by atoms with Crippen LogP contribution in [0.1, 0.15) is 42.6 Å². The lowest BCUT2D eigenvalue weighted by Crippen LogP contribution is -2.61. The Morgan fingerprint density at radius 1 is 1.29 bits per heavy atom. The molecule has 1 spiro atoms. The van der Waals surface area contributed by atoms with Gasteiger partial charge in [-0.3, -0.25) is 9.69 Å². The van der Waals surface area contributed by atoms with E-state index >= 15 is 0 Å². The van der Waals surface area contributed by atoms with Crippen molar-refractivity contribution in [1.82, 2.24) is 9.80 Å². The number of benzene rings is 1. The number of likely N-dealkylation sites (tertiary alicyclic amines) is 1. The van der Waals surface area contributed by atoms with Crippen molar-refractivity contribution in [3.63, 3.8) is 0 Å². The van der Waals surface area contributed by atoms with Gasteiger partial charge in [-0.2, -0.15) is 0 Å². The lowest BCUT2D eigenvalue weighted by molar-refractivity contribution is -0.189. The Kier molecular flexibility index (Phi) is 7.88. The van der Waals surface area contributed by atoms with E-state index in [1.165, 1.54) is 0 Å². The van der Waals surface area contributed by atoms with E-state index in [9.17, 15) is 13.6 Å². The van der Waals surface area contributed by atoms with Crippen molar-refractivity contribution in [1.29, 1.82) is 0 Å². The highest BCUT2D eigenvalue weighted by Crippen LogP contribution is 2.33. The fraction of sp³-hybridized carbons (Fsp3) is 0.696. The summed E-state index contributed by atoms with van der Waals surface area (Å²) in [5, 5.41) is 0. The molecule has 0 N–H and O–H groups in total. The van der Waals surface area contributed by atoms with Gasteiger partial charge in [0.05, 0.1) is 31.0 Å². The second kappa shape index (κ2) is 10.2. The zero-order valence-electron chi connectivity index (χ0n) is 18.9. The summed E-state index contributed by atoms with van der Waals surface area (Å²) in [6.07, 6.45) is -1.32. The molecule has 0 saturated carbocycles. The van der Waals surface area contributed by atoms with Gasteiger partial charge >= 0.3 is 0 Å². The van der Waals surface area contributed by atoms with Crippen LogP contribution in [0.2, 0.25) is 0 Å². The smallest absolute Gasteiger partial charge is 0.253 e. The summed E-state index contributed by atoms with van der Waals surface area (Å²) in [6.45, 7) is 7.93. The molecule has 1 aromatic carbocycles. The molecule has 0 radical (unpaired) electrons. The molecular formula is C23H34F2N2O4. The second-order valence-corrected chi connectivity index (χ2v) is 8.90. The molecule has 174 valence electrons. The van der Waals surface area contributed by atoms with Gasteiger partial charge in [0.25, 0.3) is 12.3 Å². The third-order valence-electron chi connectivity index (χ3n) is 5.89. The predicted octanol–water partition coefficient (Wildman–Crippen LogP) is 3.37. The van der Waals surface area contributed by atoms with Gasteiger partial charge in [0, 0.05) is 38.9 Å². The largest absolute Gasteiger partial charge is 0.491 e. The topological polar surface area (TPSA) is 51.2 Å². The highest BCUT2D eigenvalue weighted by atomic mass is 19.3. The summed E-state index contributed by atoms with van der Waals surface area (Å²) >= 11 is 0. The summed E-state index contributed by atoms with van der Waals surface area (Å²) in [5.74, 6) is 0.755. The zero-order chi connectivity index (χ0) is 22.6. The first-order valence-corrected chi connectivity index (χ1v) is 11.0. The Morgan fingerprint density at radius 3 is 2.58 bits per heavy atom. The van der Waals surface area contributed by atoms with Crippen LogP contribution in [0.15, 0.2) is 18.2 Å². The molecule has 1 amide bonds. The number of carbonyl (C=O) groups is 1. The van der Waals surface area contributed by atoms with Crippen LogP contribution in [-0.4, -0.2) is 86.4 Å². The quantitative estimate of drug-likeness (QED) is 0.651. The van der Waals surface area contributed by atoms with Crippen molar-refractivity contribution in [2.45, 2.75) is 57.8 Å². The molecule has 8 heteroatoms. The number of hydrogen-bond donors (Lipinski definition) is 0. The average molecular weight is 441 g/mol. The van der Waals surface area contributed by atoms with E-state index in [1.54, 1.807) is 18.1 Å². The number of methoxy groups -OCH3 is 1. The minimum atomic E-state index is -2.38. The van der Waals surface area contributed by atoms with Crippen LogP contribution in [0, 0.1) is 6.92 Å². The van der Waals surface area contributed by atoms with Gasteiger partial charge in [-0.15, -0.1) is 0 Å². The highest BCUT2D eigenvalue weighted by Gasteiger charge is 2.44. The van der Waals surface area contributed by atoms with E-state index in [2.05, 4.69) is 0 Å². The van der Waals surface area contributed by atoms with E-state index in [4.69, 9.17) is 14.2 Å². The predicted molar refractivity (Wildman–Crippen MR) is 114 cm³/mol. The zero-order valence-corrected chi connectivity index (χ0v) is 18.9. The molecule has 0 aliphatic carbocycles. The Hall–Kier alpha value is -1.77. The van der Waals surface area contributed by atoms with Crippen molar-refractivity contribution < 1.29 is 27.8 Å². The molecule has 0 bridgehead atoms. The van der Waals surface area contributed by atoms with Crippen molar-refractivity contribution in [2.75, 3.05) is 46.4 Å². The number of alkyl halides is 2. The van der Waals surface area contributed by atoms with Crippen molar-refractivity contribution in [3.05, 3.63) is 29.3 Å². The normalized spacial score (nSPS) is 21.8. The van der Waals surface area contributed by atoms with Crippen molar-refractivity contribution in [2.24, 2.45) is 0 Å². The number of amides is 1. The summed E-state index contributed by atoms with van der Waals surface area (Å²) in [7, 11) is 1.59. The SMILES string of the molecule is COCC1CN(CC(F)F)CC2(CCN(C(=O)c3ccc(OC(C)C)c(C)c3)CC2)O1. The number of carbonyl (C=O) groups excluding carboxylic acids is 1. The molecule has 31 heavy (non-hydrogen) atoms.